The van der Waals surface area contributed by atoms with Gasteiger partial charge >= 0.3 is 0 Å². The predicted molar refractivity (Wildman–Crippen MR) is 82.3 cm³/mol. The molecule has 2 heterocycles. The molecular formula is C16H20N4O3. The van der Waals surface area contributed by atoms with Gasteiger partial charge in [-0.1, -0.05) is 23.4 Å². The quantitative estimate of drug-likeness (QED) is 0.864. The molecule has 2 aromatic rings. The molecule has 1 fully saturated rings. The van der Waals surface area contributed by atoms with Gasteiger partial charge in [0.05, 0.1) is 12.5 Å². The second kappa shape index (κ2) is 7.23. The summed E-state index contributed by atoms with van der Waals surface area (Å²) in [5.74, 6) is 1.47. The Balaban J connectivity index is 1.52. The highest BCUT2D eigenvalue weighted by atomic mass is 16.5. The number of primary amides is 1. The summed E-state index contributed by atoms with van der Waals surface area (Å²) < 4.78 is 10.8. The van der Waals surface area contributed by atoms with Crippen molar-refractivity contribution in [2.75, 3.05) is 13.1 Å². The van der Waals surface area contributed by atoms with Gasteiger partial charge in [-0.2, -0.15) is 4.98 Å². The summed E-state index contributed by atoms with van der Waals surface area (Å²) in [5, 5.41) is 3.92. The first-order chi connectivity index (χ1) is 11.2. The van der Waals surface area contributed by atoms with Crippen LogP contribution in [0.25, 0.3) is 0 Å². The molecule has 1 aliphatic rings. The van der Waals surface area contributed by atoms with Crippen LogP contribution < -0.4 is 10.5 Å². The summed E-state index contributed by atoms with van der Waals surface area (Å²) in [6.45, 7) is 2.34. The van der Waals surface area contributed by atoms with Crippen molar-refractivity contribution in [2.45, 2.75) is 26.0 Å². The maximum atomic E-state index is 11.3. The van der Waals surface area contributed by atoms with Gasteiger partial charge in [-0.15, -0.1) is 0 Å². The molecule has 0 radical (unpaired) electrons. The van der Waals surface area contributed by atoms with Crippen LogP contribution in [0.4, 0.5) is 0 Å². The van der Waals surface area contributed by atoms with Crippen LogP contribution in [0.15, 0.2) is 34.9 Å². The van der Waals surface area contributed by atoms with E-state index in [9.17, 15) is 4.79 Å². The third kappa shape index (κ3) is 4.29. The molecule has 0 spiro atoms. The number of hydrogen-bond acceptors (Lipinski definition) is 6. The minimum absolute atomic E-state index is 0.0902. The number of hydrogen-bond donors (Lipinski definition) is 1. The molecule has 1 aliphatic heterocycles. The Hall–Kier alpha value is -2.41. The average Bonchev–Trinajstić information content (AvgIpc) is 3.01. The third-order valence-corrected chi connectivity index (χ3v) is 3.89. The summed E-state index contributed by atoms with van der Waals surface area (Å²) in [4.78, 5) is 17.8. The molecule has 0 bridgehead atoms. The topological polar surface area (TPSA) is 94.5 Å². The van der Waals surface area contributed by atoms with Crippen LogP contribution in [0.2, 0.25) is 0 Å². The van der Waals surface area contributed by atoms with E-state index in [4.69, 9.17) is 15.0 Å². The summed E-state index contributed by atoms with van der Waals surface area (Å²) in [6, 6.07) is 9.49. The van der Waals surface area contributed by atoms with Crippen molar-refractivity contribution in [2.24, 2.45) is 11.7 Å². The van der Waals surface area contributed by atoms with Crippen LogP contribution >= 0.6 is 0 Å². The van der Waals surface area contributed by atoms with Crippen molar-refractivity contribution in [1.29, 1.82) is 0 Å². The SMILES string of the molecule is NC(=O)[C@@H]1CCCN(Cc2nc(COc3ccccc3)no2)C1. The Morgan fingerprint density at radius 2 is 2.22 bits per heavy atom. The van der Waals surface area contributed by atoms with Gasteiger partial charge in [-0.05, 0) is 31.5 Å². The van der Waals surface area contributed by atoms with E-state index in [0.29, 0.717) is 24.8 Å². The fourth-order valence-electron chi connectivity index (χ4n) is 2.70. The van der Waals surface area contributed by atoms with Crippen molar-refractivity contribution in [3.05, 3.63) is 42.0 Å². The number of nitrogens with two attached hydrogens (primary N) is 1. The van der Waals surface area contributed by atoms with Gasteiger partial charge in [0.15, 0.2) is 6.61 Å². The van der Waals surface area contributed by atoms with Crippen LogP contribution in [0, 0.1) is 5.92 Å². The molecule has 3 rings (SSSR count). The molecule has 1 saturated heterocycles. The van der Waals surface area contributed by atoms with Crippen molar-refractivity contribution >= 4 is 5.91 Å². The maximum Gasteiger partial charge on any atom is 0.240 e. The second-order valence-corrected chi connectivity index (χ2v) is 5.68. The highest BCUT2D eigenvalue weighted by Gasteiger charge is 2.25. The molecule has 0 saturated carbocycles. The highest BCUT2D eigenvalue weighted by Crippen LogP contribution is 2.18. The molecule has 2 N–H and O–H groups in total. The zero-order valence-electron chi connectivity index (χ0n) is 12.9. The Bertz CT molecular complexity index is 644. The van der Waals surface area contributed by atoms with Crippen LogP contribution in [0.5, 0.6) is 5.75 Å². The van der Waals surface area contributed by atoms with Gasteiger partial charge in [-0.3, -0.25) is 9.69 Å². The number of nitrogens with zero attached hydrogens (tertiary/aromatic N) is 3. The fraction of sp³-hybridized carbons (Fsp3) is 0.438. The van der Waals surface area contributed by atoms with Gasteiger partial charge in [0.1, 0.15) is 5.75 Å². The molecule has 0 unspecified atom stereocenters. The van der Waals surface area contributed by atoms with Crippen LogP contribution in [0.1, 0.15) is 24.6 Å². The molecule has 1 amide bonds. The number of piperidine rings is 1. The summed E-state index contributed by atoms with van der Waals surface area (Å²) >= 11 is 0. The summed E-state index contributed by atoms with van der Waals surface area (Å²) in [5.41, 5.74) is 5.39. The van der Waals surface area contributed by atoms with Gasteiger partial charge in [-0.25, -0.2) is 0 Å². The zero-order valence-corrected chi connectivity index (χ0v) is 12.9. The number of rotatable bonds is 6. The number of para-hydroxylation sites is 1. The Kier molecular flexibility index (Phi) is 4.87. The third-order valence-electron chi connectivity index (χ3n) is 3.89. The lowest BCUT2D eigenvalue weighted by Gasteiger charge is -2.29. The number of amides is 1. The second-order valence-electron chi connectivity index (χ2n) is 5.68. The molecule has 0 aliphatic carbocycles. The van der Waals surface area contributed by atoms with Crippen molar-refractivity contribution < 1.29 is 14.1 Å². The predicted octanol–water partition coefficient (Wildman–Crippen LogP) is 1.35. The fourth-order valence-corrected chi connectivity index (χ4v) is 2.70. The lowest BCUT2D eigenvalue weighted by atomic mass is 9.97. The Morgan fingerprint density at radius 1 is 1.39 bits per heavy atom. The number of carbonyl (C=O) groups is 1. The van der Waals surface area contributed by atoms with E-state index in [1.165, 1.54) is 0 Å². The molecule has 1 aromatic carbocycles. The van der Waals surface area contributed by atoms with E-state index in [1.807, 2.05) is 30.3 Å². The first-order valence-electron chi connectivity index (χ1n) is 7.71. The standard InChI is InChI=1S/C16H20N4O3/c17-16(21)12-5-4-8-20(9-12)10-15-18-14(19-23-15)11-22-13-6-2-1-3-7-13/h1-3,6-7,12H,4-5,8-11H2,(H2,17,21)/t12-/m1/s1. The molecule has 23 heavy (non-hydrogen) atoms. The van der Waals surface area contributed by atoms with Gasteiger partial charge in [0.2, 0.25) is 17.6 Å². The number of aromatic nitrogens is 2. The molecule has 122 valence electrons. The molecule has 1 aromatic heterocycles. The molecular weight excluding hydrogens is 296 g/mol. The molecule has 1 atom stereocenters. The van der Waals surface area contributed by atoms with Crippen LogP contribution in [-0.4, -0.2) is 34.0 Å². The zero-order chi connectivity index (χ0) is 16.1. The van der Waals surface area contributed by atoms with Crippen LogP contribution in [0.3, 0.4) is 0 Å². The summed E-state index contributed by atoms with van der Waals surface area (Å²) in [6.07, 6.45) is 1.80. The average molecular weight is 316 g/mol. The Labute approximate surface area is 134 Å². The first-order valence-corrected chi connectivity index (χ1v) is 7.71. The smallest absolute Gasteiger partial charge is 0.240 e. The van der Waals surface area contributed by atoms with E-state index < -0.39 is 0 Å². The van der Waals surface area contributed by atoms with E-state index in [0.717, 1.165) is 25.1 Å². The summed E-state index contributed by atoms with van der Waals surface area (Å²) in [7, 11) is 0. The van der Waals surface area contributed by atoms with Gasteiger partial charge < -0.3 is 15.0 Å². The minimum atomic E-state index is -0.239. The number of ether oxygens (including phenoxy) is 1. The van der Waals surface area contributed by atoms with E-state index >= 15 is 0 Å². The van der Waals surface area contributed by atoms with Gasteiger partial charge in [0.25, 0.3) is 0 Å². The number of benzene rings is 1. The van der Waals surface area contributed by atoms with Crippen molar-refractivity contribution in [3.63, 3.8) is 0 Å². The molecule has 7 heteroatoms. The van der Waals surface area contributed by atoms with E-state index in [-0.39, 0.29) is 18.4 Å². The lowest BCUT2D eigenvalue weighted by molar-refractivity contribution is -0.123. The largest absolute Gasteiger partial charge is 0.485 e. The number of carbonyl (C=O) groups excluding carboxylic acids is 1. The van der Waals surface area contributed by atoms with Crippen molar-refractivity contribution in [1.82, 2.24) is 15.0 Å². The lowest BCUT2D eigenvalue weighted by Crippen LogP contribution is -2.40. The van der Waals surface area contributed by atoms with E-state index in [2.05, 4.69) is 15.0 Å². The normalized spacial score (nSPS) is 18.7. The molecule has 7 nitrogen and oxygen atoms in total. The van der Waals surface area contributed by atoms with Crippen LogP contribution in [-0.2, 0) is 17.9 Å². The monoisotopic (exact) mass is 316 g/mol. The van der Waals surface area contributed by atoms with E-state index in [1.54, 1.807) is 0 Å². The Morgan fingerprint density at radius 3 is 3.00 bits per heavy atom. The van der Waals surface area contributed by atoms with Gasteiger partial charge in [0, 0.05) is 6.54 Å². The number of likely N-dealkylation sites (tertiary alicyclic amines) is 1. The minimum Gasteiger partial charge on any atom is -0.485 e. The highest BCUT2D eigenvalue weighted by molar-refractivity contribution is 5.76. The van der Waals surface area contributed by atoms with Crippen molar-refractivity contribution in [3.8, 4) is 5.75 Å². The maximum absolute atomic E-state index is 11.3. The first kappa shape index (κ1) is 15.5.